The zero-order chi connectivity index (χ0) is 14.5. The fourth-order valence-corrected chi connectivity index (χ4v) is 3.18. The van der Waals surface area contributed by atoms with Crippen LogP contribution in [0.2, 0.25) is 10.0 Å². The van der Waals surface area contributed by atoms with Gasteiger partial charge in [-0.15, -0.1) is 0 Å². The third-order valence-corrected chi connectivity index (χ3v) is 4.94. The molecule has 1 aliphatic heterocycles. The molecule has 1 aromatic carbocycles. The van der Waals surface area contributed by atoms with E-state index >= 15 is 0 Å². The summed E-state index contributed by atoms with van der Waals surface area (Å²) in [7, 11) is 0. The standard InChI is InChI=1S/C16H24Cl2N2/c1-3-20-9-4-5-14(8-10-20)19-12(2)13-6-7-15(17)16(18)11-13/h6-7,11-12,14,19H,3-5,8-10H2,1-2H3. The summed E-state index contributed by atoms with van der Waals surface area (Å²) in [6.07, 6.45) is 3.75. The van der Waals surface area contributed by atoms with Crippen molar-refractivity contribution in [2.75, 3.05) is 19.6 Å². The van der Waals surface area contributed by atoms with Gasteiger partial charge in [-0.2, -0.15) is 0 Å². The van der Waals surface area contributed by atoms with E-state index < -0.39 is 0 Å². The van der Waals surface area contributed by atoms with E-state index in [9.17, 15) is 0 Å². The zero-order valence-electron chi connectivity index (χ0n) is 12.3. The number of halogens is 2. The average molecular weight is 315 g/mol. The van der Waals surface area contributed by atoms with E-state index in [1.165, 1.54) is 37.9 Å². The highest BCUT2D eigenvalue weighted by atomic mass is 35.5. The van der Waals surface area contributed by atoms with Gasteiger partial charge in [-0.05, 0) is 63.5 Å². The van der Waals surface area contributed by atoms with Crippen LogP contribution in [0.25, 0.3) is 0 Å². The highest BCUT2D eigenvalue weighted by Gasteiger charge is 2.18. The van der Waals surface area contributed by atoms with Crippen molar-refractivity contribution >= 4 is 23.2 Å². The topological polar surface area (TPSA) is 15.3 Å². The maximum absolute atomic E-state index is 6.10. The molecule has 2 nitrogen and oxygen atoms in total. The Labute approximate surface area is 132 Å². The molecule has 0 spiro atoms. The molecular weight excluding hydrogens is 291 g/mol. The Morgan fingerprint density at radius 1 is 1.25 bits per heavy atom. The van der Waals surface area contributed by atoms with Crippen molar-refractivity contribution in [3.05, 3.63) is 33.8 Å². The van der Waals surface area contributed by atoms with Crippen LogP contribution in [0.5, 0.6) is 0 Å². The largest absolute Gasteiger partial charge is 0.307 e. The van der Waals surface area contributed by atoms with Gasteiger partial charge in [0.2, 0.25) is 0 Å². The first-order valence-electron chi connectivity index (χ1n) is 7.53. The molecule has 0 aliphatic carbocycles. The van der Waals surface area contributed by atoms with Gasteiger partial charge >= 0.3 is 0 Å². The molecule has 1 heterocycles. The molecule has 112 valence electrons. The SMILES string of the molecule is CCN1CCCC(NC(C)c2ccc(Cl)c(Cl)c2)CC1. The molecule has 0 amide bonds. The van der Waals surface area contributed by atoms with Gasteiger partial charge < -0.3 is 10.2 Å². The smallest absolute Gasteiger partial charge is 0.0595 e. The first-order valence-corrected chi connectivity index (χ1v) is 8.29. The van der Waals surface area contributed by atoms with Crippen LogP contribution < -0.4 is 5.32 Å². The first kappa shape index (κ1) is 16.1. The van der Waals surface area contributed by atoms with Crippen LogP contribution in [0, 0.1) is 0 Å². The quantitative estimate of drug-likeness (QED) is 0.879. The molecule has 2 unspecified atom stereocenters. The molecule has 1 N–H and O–H groups in total. The van der Waals surface area contributed by atoms with Crippen LogP contribution in [0.1, 0.15) is 44.7 Å². The highest BCUT2D eigenvalue weighted by Crippen LogP contribution is 2.26. The summed E-state index contributed by atoms with van der Waals surface area (Å²) in [6.45, 7) is 8.03. The Hall–Kier alpha value is -0.280. The van der Waals surface area contributed by atoms with Gasteiger partial charge in [0.15, 0.2) is 0 Å². The second-order valence-electron chi connectivity index (χ2n) is 5.62. The van der Waals surface area contributed by atoms with Crippen molar-refractivity contribution in [2.45, 2.75) is 45.2 Å². The lowest BCUT2D eigenvalue weighted by Gasteiger charge is -2.23. The van der Waals surface area contributed by atoms with E-state index in [0.29, 0.717) is 22.1 Å². The van der Waals surface area contributed by atoms with E-state index in [0.717, 1.165) is 6.54 Å². The van der Waals surface area contributed by atoms with Gasteiger partial charge in [0.25, 0.3) is 0 Å². The van der Waals surface area contributed by atoms with Crippen molar-refractivity contribution in [1.82, 2.24) is 10.2 Å². The normalized spacial score (nSPS) is 22.5. The molecule has 1 saturated heterocycles. The third kappa shape index (κ3) is 4.36. The van der Waals surface area contributed by atoms with Crippen molar-refractivity contribution < 1.29 is 0 Å². The lowest BCUT2D eigenvalue weighted by atomic mass is 10.0. The molecule has 1 fully saturated rings. The average Bonchev–Trinajstić information content (AvgIpc) is 2.67. The molecule has 0 aromatic heterocycles. The van der Waals surface area contributed by atoms with Crippen molar-refractivity contribution in [2.24, 2.45) is 0 Å². The van der Waals surface area contributed by atoms with Gasteiger partial charge in [0, 0.05) is 12.1 Å². The second kappa shape index (κ2) is 7.65. The summed E-state index contributed by atoms with van der Waals surface area (Å²) < 4.78 is 0. The zero-order valence-corrected chi connectivity index (χ0v) is 13.8. The molecule has 0 radical (unpaired) electrons. The minimum absolute atomic E-state index is 0.308. The third-order valence-electron chi connectivity index (χ3n) is 4.20. The summed E-state index contributed by atoms with van der Waals surface area (Å²) in [5, 5.41) is 4.99. The van der Waals surface area contributed by atoms with Crippen molar-refractivity contribution in [1.29, 1.82) is 0 Å². The fourth-order valence-electron chi connectivity index (χ4n) is 2.87. The van der Waals surface area contributed by atoms with E-state index in [4.69, 9.17) is 23.2 Å². The predicted molar refractivity (Wildman–Crippen MR) is 87.8 cm³/mol. The Kier molecular flexibility index (Phi) is 6.16. The number of nitrogens with one attached hydrogen (secondary N) is 1. The van der Waals surface area contributed by atoms with Crippen molar-refractivity contribution in [3.8, 4) is 0 Å². The Morgan fingerprint density at radius 2 is 2.05 bits per heavy atom. The summed E-state index contributed by atoms with van der Waals surface area (Å²) in [5.74, 6) is 0. The first-order chi connectivity index (χ1) is 9.60. The lowest BCUT2D eigenvalue weighted by molar-refractivity contribution is 0.295. The summed E-state index contributed by atoms with van der Waals surface area (Å²) in [6, 6.07) is 6.81. The molecule has 20 heavy (non-hydrogen) atoms. The fraction of sp³-hybridized carbons (Fsp3) is 0.625. The van der Waals surface area contributed by atoms with Gasteiger partial charge in [0.1, 0.15) is 0 Å². The number of hydrogen-bond donors (Lipinski definition) is 1. The Morgan fingerprint density at radius 3 is 2.75 bits per heavy atom. The lowest BCUT2D eigenvalue weighted by Crippen LogP contribution is -2.33. The van der Waals surface area contributed by atoms with Crippen LogP contribution in [0.15, 0.2) is 18.2 Å². The predicted octanol–water partition coefficient (Wildman–Crippen LogP) is 4.52. The molecular formula is C16H24Cl2N2. The number of rotatable bonds is 4. The molecule has 2 rings (SSSR count). The molecule has 4 heteroatoms. The van der Waals surface area contributed by atoms with Crippen LogP contribution in [0.4, 0.5) is 0 Å². The van der Waals surface area contributed by atoms with E-state index in [1.54, 1.807) is 0 Å². The van der Waals surface area contributed by atoms with Gasteiger partial charge in [-0.3, -0.25) is 0 Å². The number of hydrogen-bond acceptors (Lipinski definition) is 2. The maximum atomic E-state index is 6.10. The molecule has 2 atom stereocenters. The van der Waals surface area contributed by atoms with Crippen LogP contribution in [-0.2, 0) is 0 Å². The molecule has 1 aromatic rings. The van der Waals surface area contributed by atoms with Gasteiger partial charge in [-0.1, -0.05) is 36.2 Å². The number of likely N-dealkylation sites (tertiary alicyclic amines) is 1. The number of nitrogens with zero attached hydrogens (tertiary/aromatic N) is 1. The van der Waals surface area contributed by atoms with E-state index in [1.807, 2.05) is 12.1 Å². The van der Waals surface area contributed by atoms with Crippen molar-refractivity contribution in [3.63, 3.8) is 0 Å². The van der Waals surface area contributed by atoms with Gasteiger partial charge in [-0.25, -0.2) is 0 Å². The van der Waals surface area contributed by atoms with E-state index in [-0.39, 0.29) is 0 Å². The van der Waals surface area contributed by atoms with Crippen LogP contribution >= 0.6 is 23.2 Å². The summed E-state index contributed by atoms with van der Waals surface area (Å²) in [5.41, 5.74) is 1.20. The Bertz CT molecular complexity index is 436. The summed E-state index contributed by atoms with van der Waals surface area (Å²) in [4.78, 5) is 2.53. The minimum atomic E-state index is 0.308. The molecule has 0 bridgehead atoms. The monoisotopic (exact) mass is 314 g/mol. The Balaban J connectivity index is 1.93. The van der Waals surface area contributed by atoms with Gasteiger partial charge in [0.05, 0.1) is 10.0 Å². The maximum Gasteiger partial charge on any atom is 0.0595 e. The second-order valence-corrected chi connectivity index (χ2v) is 6.44. The van der Waals surface area contributed by atoms with E-state index in [2.05, 4.69) is 30.1 Å². The number of benzene rings is 1. The molecule has 1 aliphatic rings. The highest BCUT2D eigenvalue weighted by molar-refractivity contribution is 6.42. The minimum Gasteiger partial charge on any atom is -0.307 e. The molecule has 0 saturated carbocycles. The van der Waals surface area contributed by atoms with Crippen LogP contribution in [0.3, 0.4) is 0 Å². The van der Waals surface area contributed by atoms with Crippen LogP contribution in [-0.4, -0.2) is 30.6 Å². The summed E-state index contributed by atoms with van der Waals surface area (Å²) >= 11 is 12.1.